The lowest BCUT2D eigenvalue weighted by Gasteiger charge is -2.18. The Hall–Kier alpha value is -3.14. The van der Waals surface area contributed by atoms with E-state index >= 15 is 0 Å². The van der Waals surface area contributed by atoms with Crippen LogP contribution in [0.3, 0.4) is 0 Å². The Morgan fingerprint density at radius 3 is 2.82 bits per heavy atom. The molecule has 0 bridgehead atoms. The van der Waals surface area contributed by atoms with Crippen LogP contribution in [0.1, 0.15) is 38.6 Å². The molecule has 0 aromatic carbocycles. The van der Waals surface area contributed by atoms with E-state index in [9.17, 15) is 0 Å². The van der Waals surface area contributed by atoms with Gasteiger partial charge in [0.05, 0.1) is 30.4 Å². The van der Waals surface area contributed by atoms with Crippen LogP contribution in [0.25, 0.3) is 5.65 Å². The second kappa shape index (κ2) is 7.12. The number of hydrogen-bond acceptors (Lipinski definition) is 6. The number of anilines is 1. The van der Waals surface area contributed by atoms with Crippen molar-refractivity contribution in [2.24, 2.45) is 5.92 Å². The predicted molar refractivity (Wildman–Crippen MR) is 106 cm³/mol. The first-order chi connectivity index (χ1) is 13.4. The van der Waals surface area contributed by atoms with Gasteiger partial charge in [-0.15, -0.1) is 5.10 Å². The average molecular weight is 376 g/mol. The molecule has 0 N–H and O–H groups in total. The van der Waals surface area contributed by atoms with Crippen molar-refractivity contribution in [1.29, 1.82) is 5.26 Å². The normalized spacial score (nSPS) is 17.1. The van der Waals surface area contributed by atoms with Crippen LogP contribution in [-0.4, -0.2) is 39.3 Å². The van der Waals surface area contributed by atoms with Crippen molar-refractivity contribution >= 4 is 11.3 Å². The van der Waals surface area contributed by atoms with Gasteiger partial charge in [-0.3, -0.25) is 0 Å². The molecule has 4 heterocycles. The zero-order valence-corrected chi connectivity index (χ0v) is 16.5. The fraction of sp³-hybridized carbons (Fsp3) is 0.429. The van der Waals surface area contributed by atoms with Crippen LogP contribution in [0.4, 0.5) is 5.69 Å². The quantitative estimate of drug-likeness (QED) is 0.696. The lowest BCUT2D eigenvalue weighted by atomic mass is 9.93. The Morgan fingerprint density at radius 1 is 1.25 bits per heavy atom. The highest BCUT2D eigenvalue weighted by atomic mass is 16.5. The summed E-state index contributed by atoms with van der Waals surface area (Å²) in [6, 6.07) is 9.59. The Kier molecular flexibility index (Phi) is 4.63. The highest BCUT2D eigenvalue weighted by Crippen LogP contribution is 2.25. The average Bonchev–Trinajstić information content (AvgIpc) is 3.33. The molecular weight excluding hydrogens is 352 g/mol. The van der Waals surface area contributed by atoms with Gasteiger partial charge in [0, 0.05) is 30.5 Å². The van der Waals surface area contributed by atoms with Crippen LogP contribution in [0.2, 0.25) is 0 Å². The summed E-state index contributed by atoms with van der Waals surface area (Å²) in [4.78, 5) is 11.1. The smallest absolute Gasteiger partial charge is 0.231 e. The Bertz CT molecular complexity index is 1010. The molecule has 4 rings (SSSR count). The molecule has 7 heteroatoms. The van der Waals surface area contributed by atoms with Gasteiger partial charge in [-0.2, -0.15) is 5.26 Å². The molecule has 1 aliphatic rings. The van der Waals surface area contributed by atoms with Crippen LogP contribution in [0.15, 0.2) is 36.7 Å². The zero-order chi connectivity index (χ0) is 19.7. The third-order valence-electron chi connectivity index (χ3n) is 5.04. The Morgan fingerprint density at radius 2 is 2.11 bits per heavy atom. The number of rotatable bonds is 4. The second-order valence-corrected chi connectivity index (χ2v) is 8.28. The van der Waals surface area contributed by atoms with Crippen molar-refractivity contribution in [1.82, 2.24) is 19.6 Å². The minimum absolute atomic E-state index is 0.0116. The molecule has 1 unspecified atom stereocenters. The summed E-state index contributed by atoms with van der Waals surface area (Å²) < 4.78 is 7.76. The van der Waals surface area contributed by atoms with E-state index in [2.05, 4.69) is 46.8 Å². The van der Waals surface area contributed by atoms with Gasteiger partial charge < -0.3 is 9.64 Å². The molecule has 3 aromatic rings. The summed E-state index contributed by atoms with van der Waals surface area (Å²) >= 11 is 0. The fourth-order valence-electron chi connectivity index (χ4n) is 3.35. The monoisotopic (exact) mass is 376 g/mol. The molecule has 1 aliphatic heterocycles. The van der Waals surface area contributed by atoms with Gasteiger partial charge in [0.15, 0.2) is 5.65 Å². The topological polar surface area (TPSA) is 79.3 Å². The van der Waals surface area contributed by atoms with E-state index in [4.69, 9.17) is 10.00 Å². The molecule has 7 nitrogen and oxygen atoms in total. The van der Waals surface area contributed by atoms with Gasteiger partial charge in [-0.25, -0.2) is 14.5 Å². The maximum absolute atomic E-state index is 8.87. The number of ether oxygens (including phenoxy) is 1. The van der Waals surface area contributed by atoms with Gasteiger partial charge in [0.25, 0.3) is 0 Å². The summed E-state index contributed by atoms with van der Waals surface area (Å²) in [7, 11) is 0. The number of nitrogens with zero attached hydrogens (tertiary/aromatic N) is 6. The summed E-state index contributed by atoms with van der Waals surface area (Å²) in [5.41, 5.74) is 3.33. The zero-order valence-electron chi connectivity index (χ0n) is 16.5. The largest absolute Gasteiger partial charge is 0.476 e. The van der Waals surface area contributed by atoms with Crippen molar-refractivity contribution in [2.75, 3.05) is 24.6 Å². The van der Waals surface area contributed by atoms with Crippen molar-refractivity contribution < 1.29 is 4.74 Å². The fourth-order valence-corrected chi connectivity index (χ4v) is 3.35. The van der Waals surface area contributed by atoms with Crippen molar-refractivity contribution in [3.8, 4) is 11.9 Å². The van der Waals surface area contributed by atoms with E-state index in [1.54, 1.807) is 16.8 Å². The Balaban J connectivity index is 1.37. The highest BCUT2D eigenvalue weighted by Gasteiger charge is 2.24. The van der Waals surface area contributed by atoms with E-state index in [0.717, 1.165) is 36.5 Å². The van der Waals surface area contributed by atoms with Crippen LogP contribution in [0, 0.1) is 17.2 Å². The molecule has 0 saturated carbocycles. The SMILES string of the molecule is CC(C)(C)c1cn2nc(OCC3CCN(c4ccc(C#N)nc4)C3)ccc2n1. The second-order valence-electron chi connectivity index (χ2n) is 8.28. The number of imidazole rings is 1. The molecule has 0 spiro atoms. The molecular formula is C21H24N6O. The van der Waals surface area contributed by atoms with E-state index in [0.29, 0.717) is 24.1 Å². The van der Waals surface area contributed by atoms with Gasteiger partial charge in [-0.05, 0) is 24.6 Å². The number of pyridine rings is 1. The van der Waals surface area contributed by atoms with E-state index < -0.39 is 0 Å². The maximum atomic E-state index is 8.87. The van der Waals surface area contributed by atoms with Gasteiger partial charge in [0.1, 0.15) is 11.8 Å². The van der Waals surface area contributed by atoms with Gasteiger partial charge >= 0.3 is 0 Å². The Labute approximate surface area is 164 Å². The molecule has 1 fully saturated rings. The number of aromatic nitrogens is 4. The molecule has 1 atom stereocenters. The van der Waals surface area contributed by atoms with Crippen molar-refractivity contribution in [3.05, 3.63) is 48.0 Å². The van der Waals surface area contributed by atoms with E-state index in [-0.39, 0.29) is 5.41 Å². The van der Waals surface area contributed by atoms with E-state index in [1.165, 1.54) is 0 Å². The third kappa shape index (κ3) is 3.77. The summed E-state index contributed by atoms with van der Waals surface area (Å²) in [5, 5.41) is 13.4. The minimum Gasteiger partial charge on any atom is -0.476 e. The van der Waals surface area contributed by atoms with Gasteiger partial charge in [-0.1, -0.05) is 20.8 Å². The predicted octanol–water partition coefficient (Wildman–Crippen LogP) is 3.20. The first-order valence-corrected chi connectivity index (χ1v) is 9.53. The maximum Gasteiger partial charge on any atom is 0.231 e. The standard InChI is InChI=1S/C21H24N6O/c1-21(2,3)18-13-27-19(24-18)6-7-20(25-27)28-14-15-8-9-26(12-15)17-5-4-16(10-22)23-11-17/h4-7,11,13,15H,8-9,12,14H2,1-3H3. The van der Waals surface area contributed by atoms with E-state index in [1.807, 2.05) is 24.4 Å². The molecule has 0 aliphatic carbocycles. The third-order valence-corrected chi connectivity index (χ3v) is 5.04. The first-order valence-electron chi connectivity index (χ1n) is 9.53. The number of fused-ring (bicyclic) bond motifs is 1. The molecule has 1 saturated heterocycles. The molecule has 0 radical (unpaired) electrons. The van der Waals surface area contributed by atoms with Crippen LogP contribution < -0.4 is 9.64 Å². The number of hydrogen-bond donors (Lipinski definition) is 0. The molecule has 0 amide bonds. The van der Waals surface area contributed by atoms with Gasteiger partial charge in [0.2, 0.25) is 5.88 Å². The molecule has 144 valence electrons. The van der Waals surface area contributed by atoms with Crippen molar-refractivity contribution in [3.63, 3.8) is 0 Å². The molecule has 28 heavy (non-hydrogen) atoms. The lowest BCUT2D eigenvalue weighted by molar-refractivity contribution is 0.249. The summed E-state index contributed by atoms with van der Waals surface area (Å²) in [6.45, 7) is 8.92. The first kappa shape index (κ1) is 18.2. The highest BCUT2D eigenvalue weighted by molar-refractivity contribution is 5.47. The lowest BCUT2D eigenvalue weighted by Crippen LogP contribution is -2.22. The number of nitriles is 1. The van der Waals surface area contributed by atoms with Crippen LogP contribution in [-0.2, 0) is 5.41 Å². The van der Waals surface area contributed by atoms with Crippen molar-refractivity contribution in [2.45, 2.75) is 32.6 Å². The van der Waals surface area contributed by atoms with Crippen LogP contribution in [0.5, 0.6) is 5.88 Å². The van der Waals surface area contributed by atoms with Crippen LogP contribution >= 0.6 is 0 Å². The summed E-state index contributed by atoms with van der Waals surface area (Å²) in [6.07, 6.45) is 4.79. The summed E-state index contributed by atoms with van der Waals surface area (Å²) in [5.74, 6) is 1.05. The molecule has 3 aromatic heterocycles. The minimum atomic E-state index is -0.0116.